The lowest BCUT2D eigenvalue weighted by Crippen LogP contribution is -2.27. The van der Waals surface area contributed by atoms with Crippen LogP contribution in [0.1, 0.15) is 0 Å². The highest BCUT2D eigenvalue weighted by Gasteiger charge is 1.96. The second kappa shape index (κ2) is 1.77. The molecule has 0 saturated heterocycles. The number of nitrogens with two attached hydrogens (primary N) is 1. The first-order valence-corrected chi connectivity index (χ1v) is 3.26. The third kappa shape index (κ3) is 2.55. The zero-order valence-corrected chi connectivity index (χ0v) is 5.16. The van der Waals surface area contributed by atoms with Crippen LogP contribution in [0.15, 0.2) is 0 Å². The number of rotatable bonds is 1. The fourth-order valence-corrected chi connectivity index (χ4v) is 0. The lowest BCUT2D eigenvalue weighted by Gasteiger charge is -2.06. The average Bonchev–Trinajstić information content (AvgIpc) is 1.31. The lowest BCUT2D eigenvalue weighted by atomic mass is 11.3. The van der Waals surface area contributed by atoms with Gasteiger partial charge >= 0.3 is 0 Å². The summed E-state index contributed by atoms with van der Waals surface area (Å²) in [4.78, 5) is 0. The van der Waals surface area contributed by atoms with E-state index in [9.17, 15) is 4.21 Å². The van der Waals surface area contributed by atoms with Gasteiger partial charge in [-0.3, -0.25) is 0 Å². The van der Waals surface area contributed by atoms with Crippen LogP contribution in [0, 0.1) is 4.78 Å². The Kier molecular flexibility index (Phi) is 1.74. The van der Waals surface area contributed by atoms with E-state index in [-0.39, 0.29) is 0 Å². The number of nitrogens with zero attached hydrogens (tertiary/aromatic N) is 1. The first kappa shape index (κ1) is 6.87. The molecule has 7 heavy (non-hydrogen) atoms. The first-order valence-electron chi connectivity index (χ1n) is 1.68. The lowest BCUT2D eigenvalue weighted by molar-refractivity contribution is 0.591. The van der Waals surface area contributed by atoms with Gasteiger partial charge in [0.2, 0.25) is 0 Å². The van der Waals surface area contributed by atoms with Crippen molar-refractivity contribution < 1.29 is 4.21 Å². The Hall–Kier alpha value is -0.130. The minimum atomic E-state index is -2.91. The molecular weight excluding hydrogens is 114 g/mol. The van der Waals surface area contributed by atoms with Crippen LogP contribution in [0.4, 0.5) is 0 Å². The fourth-order valence-electron chi connectivity index (χ4n) is 0. The molecule has 0 aliphatic rings. The van der Waals surface area contributed by atoms with Crippen molar-refractivity contribution in [3.8, 4) is 0 Å². The van der Waals surface area contributed by atoms with E-state index in [4.69, 9.17) is 9.92 Å². The summed E-state index contributed by atoms with van der Waals surface area (Å²) in [5.74, 6) is 0. The molecule has 5 heteroatoms. The summed E-state index contributed by atoms with van der Waals surface area (Å²) >= 11 is 0. The SMILES string of the molecule is CN(C)S(=N)(N)=O. The van der Waals surface area contributed by atoms with Gasteiger partial charge in [0.25, 0.3) is 0 Å². The van der Waals surface area contributed by atoms with Crippen LogP contribution in [0.25, 0.3) is 0 Å². The van der Waals surface area contributed by atoms with Crippen LogP contribution in [-0.4, -0.2) is 22.6 Å². The standard InChI is InChI=1S/C2H9N3OS/c1-5(2)7(3,4)6/h1-2H3,(H3,3,4,6). The molecule has 0 amide bonds. The largest absolute Gasteiger partial charge is 0.232 e. The fraction of sp³-hybridized carbons (Fsp3) is 1.00. The predicted molar refractivity (Wildman–Crippen MR) is 28.7 cm³/mol. The molecule has 0 heterocycles. The van der Waals surface area contributed by atoms with Gasteiger partial charge in [0.15, 0.2) is 10.1 Å². The minimum absolute atomic E-state index is 1.16. The predicted octanol–water partition coefficient (Wildman–Crippen LogP) is -0.617. The number of hydrogen-bond donors (Lipinski definition) is 2. The van der Waals surface area contributed by atoms with Crippen molar-refractivity contribution in [3.63, 3.8) is 0 Å². The molecule has 0 aromatic carbocycles. The quantitative estimate of drug-likeness (QED) is 0.479. The Morgan fingerprint density at radius 1 is 1.71 bits per heavy atom. The number of nitrogens with one attached hydrogen (secondary N) is 1. The summed E-state index contributed by atoms with van der Waals surface area (Å²) in [5.41, 5.74) is 0. The van der Waals surface area contributed by atoms with E-state index in [1.54, 1.807) is 0 Å². The van der Waals surface area contributed by atoms with E-state index in [0.29, 0.717) is 0 Å². The summed E-state index contributed by atoms with van der Waals surface area (Å²) in [6.45, 7) is 0. The molecule has 0 rings (SSSR count). The zero-order chi connectivity index (χ0) is 6.08. The molecule has 1 unspecified atom stereocenters. The molecule has 0 fully saturated rings. The zero-order valence-electron chi connectivity index (χ0n) is 4.34. The Morgan fingerprint density at radius 2 is 1.86 bits per heavy atom. The van der Waals surface area contributed by atoms with Gasteiger partial charge in [-0.1, -0.05) is 0 Å². The number of hydrogen-bond acceptors (Lipinski definition) is 2. The van der Waals surface area contributed by atoms with Crippen molar-refractivity contribution in [2.45, 2.75) is 0 Å². The van der Waals surface area contributed by atoms with E-state index < -0.39 is 10.1 Å². The molecule has 44 valence electrons. The minimum Gasteiger partial charge on any atom is -0.232 e. The van der Waals surface area contributed by atoms with E-state index in [1.165, 1.54) is 14.1 Å². The second-order valence-corrected chi connectivity index (χ2v) is 3.25. The Labute approximate surface area is 43.5 Å². The van der Waals surface area contributed by atoms with Gasteiger partial charge in [-0.2, -0.15) is 0 Å². The van der Waals surface area contributed by atoms with Gasteiger partial charge in [0, 0.05) is 14.1 Å². The van der Waals surface area contributed by atoms with Gasteiger partial charge in [-0.15, -0.1) is 0 Å². The monoisotopic (exact) mass is 123 g/mol. The van der Waals surface area contributed by atoms with Crippen LogP contribution in [0.5, 0.6) is 0 Å². The second-order valence-electron chi connectivity index (χ2n) is 1.38. The van der Waals surface area contributed by atoms with E-state index in [2.05, 4.69) is 0 Å². The molecule has 4 nitrogen and oxygen atoms in total. The maximum Gasteiger partial charge on any atom is 0.169 e. The van der Waals surface area contributed by atoms with Gasteiger partial charge in [-0.25, -0.2) is 18.4 Å². The van der Waals surface area contributed by atoms with Crippen LogP contribution in [0.3, 0.4) is 0 Å². The Morgan fingerprint density at radius 3 is 1.86 bits per heavy atom. The van der Waals surface area contributed by atoms with Gasteiger partial charge < -0.3 is 0 Å². The van der Waals surface area contributed by atoms with Crippen molar-refractivity contribution >= 4 is 10.1 Å². The van der Waals surface area contributed by atoms with Crippen molar-refractivity contribution in [3.05, 3.63) is 0 Å². The third-order valence-electron chi connectivity index (χ3n) is 0.542. The van der Waals surface area contributed by atoms with Crippen LogP contribution in [0.2, 0.25) is 0 Å². The maximum atomic E-state index is 10.3. The van der Waals surface area contributed by atoms with Crippen LogP contribution in [-0.2, 0) is 10.1 Å². The smallest absolute Gasteiger partial charge is 0.169 e. The molecule has 3 N–H and O–H groups in total. The molecule has 0 spiro atoms. The molecule has 0 aromatic rings. The topological polar surface area (TPSA) is 70.2 Å². The van der Waals surface area contributed by atoms with Gasteiger partial charge in [0.1, 0.15) is 0 Å². The normalized spacial score (nSPS) is 19.4. The van der Waals surface area contributed by atoms with Crippen molar-refractivity contribution in [1.82, 2.24) is 4.31 Å². The first-order chi connectivity index (χ1) is 2.94. The summed E-state index contributed by atoms with van der Waals surface area (Å²) in [5, 5.41) is 4.80. The average molecular weight is 123 g/mol. The van der Waals surface area contributed by atoms with Gasteiger partial charge in [0.05, 0.1) is 0 Å². The van der Waals surface area contributed by atoms with Crippen molar-refractivity contribution in [1.29, 1.82) is 4.78 Å². The maximum absolute atomic E-state index is 10.3. The summed E-state index contributed by atoms with van der Waals surface area (Å²) in [6, 6.07) is 0. The summed E-state index contributed by atoms with van der Waals surface area (Å²) < 4.78 is 18.0. The Bertz CT molecular complexity index is 135. The summed E-state index contributed by atoms with van der Waals surface area (Å²) in [6.07, 6.45) is 0. The van der Waals surface area contributed by atoms with Crippen molar-refractivity contribution in [2.75, 3.05) is 14.1 Å². The molecule has 1 atom stereocenters. The van der Waals surface area contributed by atoms with E-state index in [1.807, 2.05) is 0 Å². The van der Waals surface area contributed by atoms with Crippen LogP contribution < -0.4 is 5.14 Å². The molecular formula is C2H9N3OS. The van der Waals surface area contributed by atoms with E-state index in [0.717, 1.165) is 4.31 Å². The third-order valence-corrected chi connectivity index (χ3v) is 1.63. The van der Waals surface area contributed by atoms with E-state index >= 15 is 0 Å². The Balaban J connectivity index is 4.10. The highest BCUT2D eigenvalue weighted by Crippen LogP contribution is 1.79. The molecule has 0 aromatic heterocycles. The highest BCUT2D eigenvalue weighted by atomic mass is 32.2. The molecule has 0 bridgehead atoms. The molecule has 0 radical (unpaired) electrons. The highest BCUT2D eigenvalue weighted by molar-refractivity contribution is 7.87. The van der Waals surface area contributed by atoms with Crippen molar-refractivity contribution in [2.24, 2.45) is 5.14 Å². The van der Waals surface area contributed by atoms with Crippen LogP contribution >= 0.6 is 0 Å². The summed E-state index contributed by atoms with van der Waals surface area (Å²) in [7, 11) is 0.0833. The molecule has 0 aliphatic heterocycles. The molecule has 0 aliphatic carbocycles. The molecule has 0 saturated carbocycles. The van der Waals surface area contributed by atoms with Gasteiger partial charge in [-0.05, 0) is 0 Å².